The molecule has 0 aliphatic rings. The fraction of sp³-hybridized carbons (Fsp3) is 0.200. The van der Waals surface area contributed by atoms with Crippen LogP contribution in [-0.4, -0.2) is 11.7 Å². The normalized spacial score (nSPS) is 12.3. The largest absolute Gasteiger partial charge is 0.416 e. The summed E-state index contributed by atoms with van der Waals surface area (Å²) in [6.45, 7) is -0.316. The molecule has 0 unspecified atom stereocenters. The van der Waals surface area contributed by atoms with Crippen LogP contribution in [-0.2, 0) is 6.18 Å². The molecule has 1 nitrogen and oxygen atoms in total. The number of rotatable bonds is 2. The van der Waals surface area contributed by atoms with Crippen LogP contribution in [0.15, 0.2) is 24.3 Å². The lowest BCUT2D eigenvalue weighted by Gasteiger charge is -2.10. The molecule has 1 aromatic rings. The first-order valence-electron chi connectivity index (χ1n) is 4.09. The van der Waals surface area contributed by atoms with E-state index in [-0.39, 0.29) is 17.2 Å². The van der Waals surface area contributed by atoms with Gasteiger partial charge in [0.15, 0.2) is 0 Å². The first-order valence-corrected chi connectivity index (χ1v) is 4.47. The van der Waals surface area contributed by atoms with Crippen LogP contribution in [0.25, 0.3) is 6.08 Å². The Hall–Kier alpha value is -1.00. The number of alkyl halides is 3. The summed E-state index contributed by atoms with van der Waals surface area (Å²) < 4.78 is 37.4. The van der Waals surface area contributed by atoms with Gasteiger partial charge in [-0.2, -0.15) is 13.2 Å². The van der Waals surface area contributed by atoms with E-state index in [2.05, 4.69) is 0 Å². The topological polar surface area (TPSA) is 20.2 Å². The molecule has 0 amide bonds. The molecule has 0 atom stereocenters. The Morgan fingerprint density at radius 2 is 2.00 bits per heavy atom. The summed E-state index contributed by atoms with van der Waals surface area (Å²) in [7, 11) is 0. The molecule has 82 valence electrons. The maximum Gasteiger partial charge on any atom is 0.416 e. The van der Waals surface area contributed by atoms with Crippen molar-refractivity contribution in [2.24, 2.45) is 0 Å². The second-order valence-corrected chi connectivity index (χ2v) is 3.25. The highest BCUT2D eigenvalue weighted by atomic mass is 35.5. The molecular formula is C10H8ClF3O. The molecule has 15 heavy (non-hydrogen) atoms. The molecule has 0 bridgehead atoms. The highest BCUT2D eigenvalue weighted by Gasteiger charge is 2.32. The summed E-state index contributed by atoms with van der Waals surface area (Å²) in [4.78, 5) is 0. The molecule has 1 aromatic carbocycles. The first-order chi connectivity index (χ1) is 6.95. The van der Waals surface area contributed by atoms with Crippen LogP contribution in [0.3, 0.4) is 0 Å². The molecule has 0 saturated carbocycles. The van der Waals surface area contributed by atoms with E-state index in [4.69, 9.17) is 16.7 Å². The summed E-state index contributed by atoms with van der Waals surface area (Å²) in [6.07, 6.45) is -2.00. The quantitative estimate of drug-likeness (QED) is 0.835. The molecule has 0 radical (unpaired) electrons. The van der Waals surface area contributed by atoms with Crippen molar-refractivity contribution in [1.82, 2.24) is 0 Å². The Bertz CT molecular complexity index is 371. The van der Waals surface area contributed by atoms with Crippen molar-refractivity contribution < 1.29 is 18.3 Å². The van der Waals surface area contributed by atoms with Crippen LogP contribution in [0.4, 0.5) is 13.2 Å². The molecule has 0 fully saturated rings. The van der Waals surface area contributed by atoms with Crippen molar-refractivity contribution in [3.05, 3.63) is 40.4 Å². The monoisotopic (exact) mass is 236 g/mol. The summed E-state index contributed by atoms with van der Waals surface area (Å²) in [5.41, 5.74) is -0.819. The fourth-order valence-corrected chi connectivity index (χ4v) is 1.29. The average molecular weight is 237 g/mol. The van der Waals surface area contributed by atoms with E-state index in [1.165, 1.54) is 24.3 Å². The van der Waals surface area contributed by atoms with Crippen molar-refractivity contribution >= 4 is 17.7 Å². The standard InChI is InChI=1S/C10H8ClF3O/c11-8-3-4-9(10(12,13)14)7(6-8)2-1-5-15/h1-4,6,15H,5H2. The molecule has 0 aliphatic heterocycles. The maximum absolute atomic E-state index is 12.5. The lowest BCUT2D eigenvalue weighted by molar-refractivity contribution is -0.137. The van der Waals surface area contributed by atoms with Gasteiger partial charge in [0.05, 0.1) is 12.2 Å². The molecule has 1 N–H and O–H groups in total. The van der Waals surface area contributed by atoms with Gasteiger partial charge >= 0.3 is 6.18 Å². The van der Waals surface area contributed by atoms with E-state index >= 15 is 0 Å². The van der Waals surface area contributed by atoms with Gasteiger partial charge in [-0.05, 0) is 23.8 Å². The van der Waals surface area contributed by atoms with Crippen LogP contribution in [0.5, 0.6) is 0 Å². The molecule has 0 heterocycles. The zero-order valence-electron chi connectivity index (χ0n) is 7.55. The van der Waals surface area contributed by atoms with Gasteiger partial charge in [-0.15, -0.1) is 0 Å². The third kappa shape index (κ3) is 3.25. The number of hydrogen-bond acceptors (Lipinski definition) is 1. The highest BCUT2D eigenvalue weighted by Crippen LogP contribution is 2.33. The second-order valence-electron chi connectivity index (χ2n) is 2.81. The summed E-state index contributed by atoms with van der Waals surface area (Å²) in [5.74, 6) is 0. The van der Waals surface area contributed by atoms with Crippen LogP contribution in [0.1, 0.15) is 11.1 Å². The van der Waals surface area contributed by atoms with E-state index in [9.17, 15) is 13.2 Å². The molecule has 1 rings (SSSR count). The molecule has 0 saturated heterocycles. The van der Waals surface area contributed by atoms with E-state index in [0.29, 0.717) is 0 Å². The van der Waals surface area contributed by atoms with Gasteiger partial charge in [0.25, 0.3) is 0 Å². The number of aliphatic hydroxyl groups excluding tert-OH is 1. The predicted molar refractivity (Wildman–Crippen MR) is 52.6 cm³/mol. The van der Waals surface area contributed by atoms with Crippen LogP contribution in [0, 0.1) is 0 Å². The van der Waals surface area contributed by atoms with Crippen LogP contribution < -0.4 is 0 Å². The van der Waals surface area contributed by atoms with Gasteiger partial charge in [-0.25, -0.2) is 0 Å². The number of halogens is 4. The molecular weight excluding hydrogens is 229 g/mol. The lowest BCUT2D eigenvalue weighted by atomic mass is 10.1. The Morgan fingerprint density at radius 1 is 1.33 bits per heavy atom. The average Bonchev–Trinajstić information content (AvgIpc) is 2.12. The minimum absolute atomic E-state index is 0.0518. The van der Waals surface area contributed by atoms with Crippen molar-refractivity contribution in [1.29, 1.82) is 0 Å². The van der Waals surface area contributed by atoms with Gasteiger partial charge < -0.3 is 5.11 Å². The van der Waals surface area contributed by atoms with E-state index < -0.39 is 11.7 Å². The smallest absolute Gasteiger partial charge is 0.392 e. The Labute approximate surface area is 89.8 Å². The molecule has 5 heteroatoms. The minimum Gasteiger partial charge on any atom is -0.392 e. The SMILES string of the molecule is OCC=Cc1cc(Cl)ccc1C(F)(F)F. The van der Waals surface area contributed by atoms with E-state index in [0.717, 1.165) is 6.07 Å². The third-order valence-electron chi connectivity index (χ3n) is 1.72. The van der Waals surface area contributed by atoms with Crippen molar-refractivity contribution in [2.75, 3.05) is 6.61 Å². The van der Waals surface area contributed by atoms with Gasteiger partial charge in [-0.1, -0.05) is 23.8 Å². The van der Waals surface area contributed by atoms with Gasteiger partial charge in [0, 0.05) is 5.02 Å². The molecule has 0 aromatic heterocycles. The Morgan fingerprint density at radius 3 is 2.53 bits per heavy atom. The molecule has 0 spiro atoms. The minimum atomic E-state index is -4.42. The lowest BCUT2D eigenvalue weighted by Crippen LogP contribution is -2.07. The second kappa shape index (κ2) is 4.68. The zero-order valence-corrected chi connectivity index (χ0v) is 8.31. The number of benzene rings is 1. The van der Waals surface area contributed by atoms with Gasteiger partial charge in [0.2, 0.25) is 0 Å². The fourth-order valence-electron chi connectivity index (χ4n) is 1.11. The first kappa shape index (κ1) is 12.1. The molecule has 0 aliphatic carbocycles. The third-order valence-corrected chi connectivity index (χ3v) is 1.96. The van der Waals surface area contributed by atoms with Crippen molar-refractivity contribution in [2.45, 2.75) is 6.18 Å². The van der Waals surface area contributed by atoms with E-state index in [1.54, 1.807) is 0 Å². The van der Waals surface area contributed by atoms with Crippen LogP contribution in [0.2, 0.25) is 5.02 Å². The zero-order chi connectivity index (χ0) is 11.5. The summed E-state index contributed by atoms with van der Waals surface area (Å²) >= 11 is 5.58. The van der Waals surface area contributed by atoms with Gasteiger partial charge in [0.1, 0.15) is 0 Å². The predicted octanol–water partition coefficient (Wildman–Crippen LogP) is 3.36. The summed E-state index contributed by atoms with van der Waals surface area (Å²) in [6, 6.07) is 3.30. The number of aliphatic hydroxyl groups is 1. The Balaban J connectivity index is 3.21. The van der Waals surface area contributed by atoms with Gasteiger partial charge in [-0.3, -0.25) is 0 Å². The van der Waals surface area contributed by atoms with Crippen molar-refractivity contribution in [3.63, 3.8) is 0 Å². The van der Waals surface area contributed by atoms with E-state index in [1.807, 2.05) is 0 Å². The van der Waals surface area contributed by atoms with Crippen LogP contribution >= 0.6 is 11.6 Å². The number of hydrogen-bond donors (Lipinski definition) is 1. The maximum atomic E-state index is 12.5. The highest BCUT2D eigenvalue weighted by molar-refractivity contribution is 6.30. The Kier molecular flexibility index (Phi) is 3.77. The van der Waals surface area contributed by atoms with Crippen molar-refractivity contribution in [3.8, 4) is 0 Å². The summed E-state index contributed by atoms with van der Waals surface area (Å²) in [5, 5.41) is 8.71.